The third kappa shape index (κ3) is 2.27. The molecule has 14 heavy (non-hydrogen) atoms. The minimum Gasteiger partial charge on any atom is -0.396 e. The second-order valence-corrected chi connectivity index (χ2v) is 4.52. The van der Waals surface area contributed by atoms with E-state index in [1.165, 1.54) is 6.42 Å². The van der Waals surface area contributed by atoms with Crippen molar-refractivity contribution in [2.24, 2.45) is 17.1 Å². The van der Waals surface area contributed by atoms with E-state index in [-0.39, 0.29) is 23.8 Å². The Morgan fingerprint density at radius 3 is 2.43 bits per heavy atom. The number of aliphatic hydroxyl groups is 1. The van der Waals surface area contributed by atoms with Crippen LogP contribution in [0.4, 0.5) is 0 Å². The lowest BCUT2D eigenvalue weighted by Crippen LogP contribution is -2.40. The number of hydrogen-bond acceptors (Lipinski definition) is 2. The molecule has 1 amide bonds. The van der Waals surface area contributed by atoms with Gasteiger partial charge < -0.3 is 10.8 Å². The number of rotatable bonds is 4. The first kappa shape index (κ1) is 11.5. The molecule has 82 valence electrons. The second-order valence-electron chi connectivity index (χ2n) is 4.52. The van der Waals surface area contributed by atoms with Gasteiger partial charge in [-0.05, 0) is 24.7 Å². The topological polar surface area (TPSA) is 63.3 Å². The first-order chi connectivity index (χ1) is 6.62. The number of primary amides is 1. The van der Waals surface area contributed by atoms with Gasteiger partial charge in [-0.15, -0.1) is 0 Å². The minimum atomic E-state index is -0.222. The van der Waals surface area contributed by atoms with Gasteiger partial charge in [-0.1, -0.05) is 26.2 Å². The largest absolute Gasteiger partial charge is 0.396 e. The molecule has 0 aromatic rings. The number of hydrogen-bond donors (Lipinski definition) is 2. The Morgan fingerprint density at radius 2 is 2.00 bits per heavy atom. The van der Waals surface area contributed by atoms with Crippen LogP contribution in [0.25, 0.3) is 0 Å². The Bertz CT molecular complexity index is 192. The van der Waals surface area contributed by atoms with E-state index in [0.717, 1.165) is 32.1 Å². The van der Waals surface area contributed by atoms with E-state index in [9.17, 15) is 4.79 Å². The van der Waals surface area contributed by atoms with Crippen LogP contribution < -0.4 is 5.73 Å². The van der Waals surface area contributed by atoms with E-state index in [1.807, 2.05) is 6.92 Å². The van der Waals surface area contributed by atoms with Gasteiger partial charge >= 0.3 is 0 Å². The summed E-state index contributed by atoms with van der Waals surface area (Å²) in [5.74, 6) is -0.324. The zero-order chi connectivity index (χ0) is 10.6. The molecular weight excluding hydrogens is 178 g/mol. The Kier molecular flexibility index (Phi) is 3.93. The molecule has 1 unspecified atom stereocenters. The maximum atomic E-state index is 11.2. The van der Waals surface area contributed by atoms with Gasteiger partial charge in [0.2, 0.25) is 5.91 Å². The van der Waals surface area contributed by atoms with Gasteiger partial charge in [0.1, 0.15) is 0 Å². The molecule has 0 bridgehead atoms. The number of nitrogens with two attached hydrogens (primary N) is 1. The highest BCUT2D eigenvalue weighted by Crippen LogP contribution is 2.45. The van der Waals surface area contributed by atoms with E-state index in [1.54, 1.807) is 0 Å². The predicted octanol–water partition coefficient (Wildman–Crippen LogP) is 1.44. The zero-order valence-corrected chi connectivity index (χ0v) is 8.96. The van der Waals surface area contributed by atoms with Gasteiger partial charge in [0.15, 0.2) is 0 Å². The molecule has 1 saturated carbocycles. The summed E-state index contributed by atoms with van der Waals surface area (Å²) in [6.45, 7) is 2.07. The quantitative estimate of drug-likeness (QED) is 0.719. The van der Waals surface area contributed by atoms with E-state index in [0.29, 0.717) is 0 Å². The average molecular weight is 199 g/mol. The molecule has 0 radical (unpaired) electrons. The van der Waals surface area contributed by atoms with Gasteiger partial charge in [-0.25, -0.2) is 0 Å². The van der Waals surface area contributed by atoms with Gasteiger partial charge in [-0.2, -0.15) is 0 Å². The van der Waals surface area contributed by atoms with Crippen molar-refractivity contribution in [3.63, 3.8) is 0 Å². The highest BCUT2D eigenvalue weighted by atomic mass is 16.3. The Labute approximate surface area is 85.7 Å². The van der Waals surface area contributed by atoms with Crippen LogP contribution in [0.1, 0.15) is 45.4 Å². The molecule has 1 atom stereocenters. The van der Waals surface area contributed by atoms with Gasteiger partial charge in [0, 0.05) is 12.5 Å². The van der Waals surface area contributed by atoms with Crippen molar-refractivity contribution in [1.82, 2.24) is 0 Å². The first-order valence-electron chi connectivity index (χ1n) is 5.52. The summed E-state index contributed by atoms with van der Waals surface area (Å²) in [6.07, 6.45) is 6.38. The van der Waals surface area contributed by atoms with Crippen LogP contribution in [0.3, 0.4) is 0 Å². The summed E-state index contributed by atoms with van der Waals surface area (Å²) in [4.78, 5) is 11.2. The molecule has 1 aliphatic carbocycles. The molecule has 3 nitrogen and oxygen atoms in total. The van der Waals surface area contributed by atoms with Crippen molar-refractivity contribution < 1.29 is 9.90 Å². The zero-order valence-electron chi connectivity index (χ0n) is 8.96. The van der Waals surface area contributed by atoms with Crippen LogP contribution in [0.5, 0.6) is 0 Å². The fourth-order valence-electron chi connectivity index (χ4n) is 2.68. The summed E-state index contributed by atoms with van der Waals surface area (Å²) in [6, 6.07) is 0. The normalized spacial score (nSPS) is 23.0. The average Bonchev–Trinajstić information content (AvgIpc) is 2.18. The Balaban J connectivity index is 2.73. The third-order valence-electron chi connectivity index (χ3n) is 3.80. The van der Waals surface area contributed by atoms with Crippen molar-refractivity contribution in [3.8, 4) is 0 Å². The summed E-state index contributed by atoms with van der Waals surface area (Å²) >= 11 is 0. The first-order valence-corrected chi connectivity index (χ1v) is 5.52. The van der Waals surface area contributed by atoms with Crippen molar-refractivity contribution >= 4 is 5.91 Å². The number of carbonyl (C=O) groups excluding carboxylic acids is 1. The van der Waals surface area contributed by atoms with Crippen LogP contribution in [-0.2, 0) is 4.79 Å². The summed E-state index contributed by atoms with van der Waals surface area (Å²) in [5.41, 5.74) is 5.35. The maximum Gasteiger partial charge on any atom is 0.220 e. The molecule has 0 heterocycles. The molecular formula is C11H21NO2. The van der Waals surface area contributed by atoms with Crippen LogP contribution in [-0.4, -0.2) is 17.6 Å². The van der Waals surface area contributed by atoms with Crippen molar-refractivity contribution in [2.45, 2.75) is 45.4 Å². The van der Waals surface area contributed by atoms with Gasteiger partial charge in [0.05, 0.1) is 0 Å². The molecule has 1 aliphatic rings. The number of carbonyl (C=O) groups is 1. The van der Waals surface area contributed by atoms with Crippen LogP contribution in [0, 0.1) is 11.3 Å². The summed E-state index contributed by atoms with van der Waals surface area (Å²) in [5, 5.41) is 9.06. The third-order valence-corrected chi connectivity index (χ3v) is 3.80. The van der Waals surface area contributed by atoms with Crippen molar-refractivity contribution in [3.05, 3.63) is 0 Å². The summed E-state index contributed by atoms with van der Waals surface area (Å²) in [7, 11) is 0. The smallest absolute Gasteiger partial charge is 0.220 e. The van der Waals surface area contributed by atoms with Gasteiger partial charge in [-0.3, -0.25) is 4.79 Å². The SMILES string of the molecule is CC(C(N)=O)C1(CCO)CCCCC1. The van der Waals surface area contributed by atoms with Crippen molar-refractivity contribution in [1.29, 1.82) is 0 Å². The van der Waals surface area contributed by atoms with Crippen LogP contribution >= 0.6 is 0 Å². The fourth-order valence-corrected chi connectivity index (χ4v) is 2.68. The highest BCUT2D eigenvalue weighted by Gasteiger charge is 2.39. The van der Waals surface area contributed by atoms with E-state index in [2.05, 4.69) is 0 Å². The van der Waals surface area contributed by atoms with Crippen LogP contribution in [0.15, 0.2) is 0 Å². The monoisotopic (exact) mass is 199 g/mol. The predicted molar refractivity (Wildman–Crippen MR) is 55.6 cm³/mol. The van der Waals surface area contributed by atoms with Crippen LogP contribution in [0.2, 0.25) is 0 Å². The highest BCUT2D eigenvalue weighted by molar-refractivity contribution is 5.77. The molecule has 3 heteroatoms. The minimum absolute atomic E-state index is 0.0150. The molecule has 0 aliphatic heterocycles. The lowest BCUT2D eigenvalue weighted by Gasteiger charge is -2.40. The Morgan fingerprint density at radius 1 is 1.43 bits per heavy atom. The molecule has 3 N–H and O–H groups in total. The Hall–Kier alpha value is -0.570. The van der Waals surface area contributed by atoms with Gasteiger partial charge in [0.25, 0.3) is 0 Å². The fraction of sp³-hybridized carbons (Fsp3) is 0.909. The number of aliphatic hydroxyl groups excluding tert-OH is 1. The standard InChI is InChI=1S/C11H21NO2/c1-9(10(12)14)11(7-8-13)5-3-2-4-6-11/h9,13H,2-8H2,1H3,(H2,12,14). The molecule has 0 spiro atoms. The lowest BCUT2D eigenvalue weighted by molar-refractivity contribution is -0.126. The van der Waals surface area contributed by atoms with E-state index < -0.39 is 0 Å². The molecule has 0 aromatic heterocycles. The van der Waals surface area contributed by atoms with E-state index >= 15 is 0 Å². The number of amides is 1. The molecule has 1 rings (SSSR count). The summed E-state index contributed by atoms with van der Waals surface area (Å²) < 4.78 is 0. The van der Waals surface area contributed by atoms with E-state index in [4.69, 9.17) is 10.8 Å². The molecule has 0 aromatic carbocycles. The molecule has 1 fully saturated rings. The molecule has 0 saturated heterocycles. The maximum absolute atomic E-state index is 11.2. The lowest BCUT2D eigenvalue weighted by atomic mass is 9.64. The van der Waals surface area contributed by atoms with Crippen molar-refractivity contribution in [2.75, 3.05) is 6.61 Å². The second kappa shape index (κ2) is 4.78.